The van der Waals surface area contributed by atoms with Gasteiger partial charge in [-0.2, -0.15) is 0 Å². The number of esters is 1. The maximum Gasteiger partial charge on any atom is 0.342 e. The van der Waals surface area contributed by atoms with E-state index in [2.05, 4.69) is 26.0 Å². The summed E-state index contributed by atoms with van der Waals surface area (Å²) in [6, 6.07) is 7.26. The van der Waals surface area contributed by atoms with Crippen molar-refractivity contribution in [2.24, 2.45) is 28.6 Å². The van der Waals surface area contributed by atoms with Crippen molar-refractivity contribution in [2.75, 3.05) is 7.11 Å². The Morgan fingerprint density at radius 1 is 0.970 bits per heavy atom. The van der Waals surface area contributed by atoms with Crippen molar-refractivity contribution in [2.45, 2.75) is 71.8 Å². The minimum Gasteiger partial charge on any atom is -0.496 e. The van der Waals surface area contributed by atoms with Crippen molar-refractivity contribution in [1.82, 2.24) is 0 Å². The Kier molecular flexibility index (Phi) is 5.54. The van der Waals surface area contributed by atoms with Crippen LogP contribution in [0.2, 0.25) is 0 Å². The van der Waals surface area contributed by atoms with Gasteiger partial charge in [0, 0.05) is 6.42 Å². The molecule has 0 spiro atoms. The van der Waals surface area contributed by atoms with Gasteiger partial charge in [-0.25, -0.2) is 4.79 Å². The van der Waals surface area contributed by atoms with Gasteiger partial charge in [0.2, 0.25) is 0 Å². The first-order valence-electron chi connectivity index (χ1n) is 12.5. The molecular formula is C29H36O4. The van der Waals surface area contributed by atoms with E-state index < -0.39 is 0 Å². The summed E-state index contributed by atoms with van der Waals surface area (Å²) in [7, 11) is 1.58. The first-order chi connectivity index (χ1) is 15.8. The van der Waals surface area contributed by atoms with Gasteiger partial charge >= 0.3 is 5.97 Å². The van der Waals surface area contributed by atoms with E-state index in [9.17, 15) is 9.59 Å². The molecule has 6 atom stereocenters. The molecule has 0 N–H and O–H groups in total. The van der Waals surface area contributed by atoms with Crippen LogP contribution in [0.5, 0.6) is 5.75 Å². The summed E-state index contributed by atoms with van der Waals surface area (Å²) in [4.78, 5) is 25.1. The molecule has 0 radical (unpaired) electrons. The average molecular weight is 449 g/mol. The van der Waals surface area contributed by atoms with Gasteiger partial charge in [0.15, 0.2) is 5.78 Å². The van der Waals surface area contributed by atoms with Crippen molar-refractivity contribution in [3.05, 3.63) is 53.1 Å². The molecule has 2 fully saturated rings. The number of carbonyl (C=O) groups is 2. The number of carbonyl (C=O) groups excluding carboxylic acids is 2. The number of para-hydroxylation sites is 1. The van der Waals surface area contributed by atoms with Gasteiger partial charge in [0.1, 0.15) is 17.4 Å². The van der Waals surface area contributed by atoms with Crippen LogP contribution in [-0.4, -0.2) is 25.0 Å². The van der Waals surface area contributed by atoms with E-state index >= 15 is 0 Å². The number of rotatable bonds is 4. The Labute approximate surface area is 197 Å². The predicted molar refractivity (Wildman–Crippen MR) is 128 cm³/mol. The lowest BCUT2D eigenvalue weighted by Crippen LogP contribution is -2.50. The van der Waals surface area contributed by atoms with Crippen molar-refractivity contribution in [3.8, 4) is 5.75 Å². The zero-order chi connectivity index (χ0) is 23.4. The number of fused-ring (bicyclic) bond motifs is 5. The van der Waals surface area contributed by atoms with Crippen molar-refractivity contribution in [1.29, 1.82) is 0 Å². The molecule has 0 heterocycles. The molecule has 0 bridgehead atoms. The zero-order valence-corrected chi connectivity index (χ0v) is 20.4. The van der Waals surface area contributed by atoms with E-state index in [0.29, 0.717) is 29.1 Å². The molecule has 4 aliphatic carbocycles. The van der Waals surface area contributed by atoms with Crippen molar-refractivity contribution < 1.29 is 19.1 Å². The Morgan fingerprint density at radius 2 is 1.73 bits per heavy atom. The molecule has 0 amide bonds. The molecule has 1 aromatic carbocycles. The average Bonchev–Trinajstić information content (AvgIpc) is 3.16. The van der Waals surface area contributed by atoms with Gasteiger partial charge < -0.3 is 9.47 Å². The molecule has 0 aliphatic heterocycles. The Hall–Kier alpha value is -2.36. The quantitative estimate of drug-likeness (QED) is 0.400. The fraction of sp³-hybridized carbons (Fsp3) is 0.586. The number of allylic oxidation sites excluding steroid dienone is 3. The van der Waals surface area contributed by atoms with Crippen LogP contribution >= 0.6 is 0 Å². The van der Waals surface area contributed by atoms with Crippen molar-refractivity contribution in [3.63, 3.8) is 0 Å². The van der Waals surface area contributed by atoms with Gasteiger partial charge in [-0.1, -0.05) is 43.7 Å². The highest BCUT2D eigenvalue weighted by molar-refractivity contribution is 5.95. The zero-order valence-electron chi connectivity index (χ0n) is 20.4. The minimum atomic E-state index is -0.294. The lowest BCUT2D eigenvalue weighted by atomic mass is 9.47. The summed E-state index contributed by atoms with van der Waals surface area (Å²) >= 11 is 0. The molecule has 2 saturated carbocycles. The third-order valence-corrected chi connectivity index (χ3v) is 9.62. The molecule has 4 heteroatoms. The van der Waals surface area contributed by atoms with Gasteiger partial charge in [-0.3, -0.25) is 4.79 Å². The van der Waals surface area contributed by atoms with Crippen molar-refractivity contribution >= 4 is 11.8 Å². The molecule has 1 aromatic rings. The second kappa shape index (κ2) is 8.14. The highest BCUT2D eigenvalue weighted by atomic mass is 16.5. The van der Waals surface area contributed by atoms with Crippen LogP contribution in [0.25, 0.3) is 0 Å². The largest absolute Gasteiger partial charge is 0.496 e. The van der Waals surface area contributed by atoms with E-state index in [0.717, 1.165) is 44.1 Å². The second-order valence-electron chi connectivity index (χ2n) is 11.1. The maximum absolute atomic E-state index is 12.9. The Morgan fingerprint density at radius 3 is 2.48 bits per heavy atom. The summed E-state index contributed by atoms with van der Waals surface area (Å²) in [5, 5.41) is 0. The number of ketones is 1. The topological polar surface area (TPSA) is 52.6 Å². The molecule has 0 unspecified atom stereocenters. The van der Waals surface area contributed by atoms with Crippen LogP contribution in [-0.2, 0) is 9.53 Å². The normalized spacial score (nSPS) is 37.1. The molecular weight excluding hydrogens is 412 g/mol. The fourth-order valence-electron chi connectivity index (χ4n) is 7.87. The fourth-order valence-corrected chi connectivity index (χ4v) is 7.87. The molecule has 4 aliphatic rings. The molecule has 176 valence electrons. The summed E-state index contributed by atoms with van der Waals surface area (Å²) < 4.78 is 11.3. The van der Waals surface area contributed by atoms with Crippen LogP contribution < -0.4 is 4.74 Å². The number of hydrogen-bond donors (Lipinski definition) is 0. The number of ether oxygens (including phenoxy) is 2. The predicted octanol–water partition coefficient (Wildman–Crippen LogP) is 6.31. The highest BCUT2D eigenvalue weighted by Crippen LogP contribution is 2.65. The van der Waals surface area contributed by atoms with Crippen LogP contribution in [0.3, 0.4) is 0 Å². The lowest BCUT2D eigenvalue weighted by molar-refractivity contribution is -0.115. The maximum atomic E-state index is 12.9. The molecule has 4 nitrogen and oxygen atoms in total. The molecule has 0 aromatic heterocycles. The van der Waals surface area contributed by atoms with Gasteiger partial charge in [-0.05, 0) is 91.7 Å². The van der Waals surface area contributed by atoms with Crippen LogP contribution in [0, 0.1) is 28.6 Å². The number of Topliss-reactive ketones (excluding diaryl/α,β-unsaturated/α-hetero) is 1. The highest BCUT2D eigenvalue weighted by Gasteiger charge is 2.57. The van der Waals surface area contributed by atoms with E-state index in [1.807, 2.05) is 12.1 Å². The second-order valence-corrected chi connectivity index (χ2v) is 11.1. The lowest BCUT2D eigenvalue weighted by Gasteiger charge is -2.57. The summed E-state index contributed by atoms with van der Waals surface area (Å²) in [6.45, 7) is 6.52. The number of hydrogen-bond acceptors (Lipinski definition) is 4. The van der Waals surface area contributed by atoms with E-state index in [4.69, 9.17) is 9.47 Å². The summed E-state index contributed by atoms with van der Waals surface area (Å²) in [5.74, 6) is 2.39. The number of methoxy groups -OCH3 is 1. The standard InChI is InChI=1S/C29H36O4/c1-18(30)23-11-12-24-21-10-9-19-17-20(33-27(31)22-7-5-6-8-26(22)32-4)13-15-28(19,2)25(21)14-16-29(23,24)3/h5-9,11,20-21,24-25H,10,12-17H2,1-4H3/t20-,21-,24-,25-,28-,29+/m0/s1. The molecule has 5 rings (SSSR count). The Bertz CT molecular complexity index is 1040. The summed E-state index contributed by atoms with van der Waals surface area (Å²) in [5.41, 5.74) is 3.28. The molecule has 33 heavy (non-hydrogen) atoms. The van der Waals surface area contributed by atoms with Gasteiger partial charge in [0.25, 0.3) is 0 Å². The van der Waals surface area contributed by atoms with E-state index in [1.165, 1.54) is 12.0 Å². The number of benzene rings is 1. The van der Waals surface area contributed by atoms with E-state index in [1.54, 1.807) is 26.2 Å². The van der Waals surface area contributed by atoms with Crippen LogP contribution in [0.15, 0.2) is 47.6 Å². The summed E-state index contributed by atoms with van der Waals surface area (Å²) in [6.07, 6.45) is 11.8. The minimum absolute atomic E-state index is 0.0518. The third-order valence-electron chi connectivity index (χ3n) is 9.62. The Balaban J connectivity index is 1.32. The van der Waals surface area contributed by atoms with E-state index in [-0.39, 0.29) is 28.7 Å². The van der Waals surface area contributed by atoms with Gasteiger partial charge in [0.05, 0.1) is 7.11 Å². The SMILES string of the molecule is COc1ccccc1C(=O)O[C@H]1CC[C@@]2(C)C(=CC[C@@H]3[C@@H]2CC[C@]2(C)C(C(C)=O)=CC[C@@H]32)C1. The first kappa shape index (κ1) is 22.4. The van der Waals surface area contributed by atoms with Crippen LogP contribution in [0.4, 0.5) is 0 Å². The third kappa shape index (κ3) is 3.48. The smallest absolute Gasteiger partial charge is 0.342 e. The van der Waals surface area contributed by atoms with Gasteiger partial charge in [-0.15, -0.1) is 0 Å². The van der Waals surface area contributed by atoms with Crippen LogP contribution in [0.1, 0.15) is 76.1 Å². The monoisotopic (exact) mass is 448 g/mol. The molecule has 0 saturated heterocycles. The first-order valence-corrected chi connectivity index (χ1v) is 12.5.